The molecular weight excluding hydrogens is 337 g/mol. The highest BCUT2D eigenvalue weighted by molar-refractivity contribution is 7.99. The molecule has 134 valence electrons. The highest BCUT2D eigenvalue weighted by Gasteiger charge is 2.16. The molecule has 0 aromatic heterocycles. The molecular formula is C20H24FNO2S. The molecule has 3 nitrogen and oxygen atoms in total. The van der Waals surface area contributed by atoms with Crippen LogP contribution in [0, 0.1) is 5.82 Å². The van der Waals surface area contributed by atoms with Gasteiger partial charge >= 0.3 is 5.97 Å². The minimum Gasteiger partial charge on any atom is -0.480 e. The second-order valence-electron chi connectivity index (χ2n) is 6.50. The first-order valence-electron chi connectivity index (χ1n) is 8.27. The van der Waals surface area contributed by atoms with Crippen LogP contribution in [-0.4, -0.2) is 29.6 Å². The lowest BCUT2D eigenvalue weighted by molar-refractivity contribution is -0.138. The van der Waals surface area contributed by atoms with Crippen molar-refractivity contribution in [1.29, 1.82) is 0 Å². The Morgan fingerprint density at radius 2 is 1.72 bits per heavy atom. The van der Waals surface area contributed by atoms with Gasteiger partial charge in [-0.2, -0.15) is 0 Å². The van der Waals surface area contributed by atoms with Gasteiger partial charge in [0.2, 0.25) is 0 Å². The van der Waals surface area contributed by atoms with E-state index >= 15 is 0 Å². The number of likely N-dealkylation sites (N-methyl/N-ethyl adjacent to an activating group) is 1. The molecule has 0 spiro atoms. The Bertz CT molecular complexity index is 731. The van der Waals surface area contributed by atoms with Gasteiger partial charge in [-0.1, -0.05) is 43.8 Å². The fraction of sp³-hybridized carbons (Fsp3) is 0.350. The molecule has 0 unspecified atom stereocenters. The lowest BCUT2D eigenvalue weighted by atomic mass is 10.0. The van der Waals surface area contributed by atoms with Crippen molar-refractivity contribution in [3.8, 4) is 0 Å². The van der Waals surface area contributed by atoms with Gasteiger partial charge in [-0.15, -0.1) is 0 Å². The highest BCUT2D eigenvalue weighted by Crippen LogP contribution is 2.32. The van der Waals surface area contributed by atoms with Crippen LogP contribution in [0.5, 0.6) is 0 Å². The highest BCUT2D eigenvalue weighted by atomic mass is 32.2. The van der Waals surface area contributed by atoms with Gasteiger partial charge in [0.1, 0.15) is 5.82 Å². The SMILES string of the molecule is CC(C)c1ccc(Sc2ccc([C@H](C)N(C)CC(=O)O)cc2F)cc1. The zero-order valence-corrected chi connectivity index (χ0v) is 15.8. The average Bonchev–Trinajstić information content (AvgIpc) is 2.55. The molecule has 0 aliphatic heterocycles. The van der Waals surface area contributed by atoms with Crippen LogP contribution in [0.25, 0.3) is 0 Å². The molecule has 5 heteroatoms. The second kappa shape index (κ2) is 8.50. The van der Waals surface area contributed by atoms with Gasteiger partial charge in [-0.3, -0.25) is 9.69 Å². The zero-order valence-electron chi connectivity index (χ0n) is 15.0. The number of aliphatic carboxylic acids is 1. The summed E-state index contributed by atoms with van der Waals surface area (Å²) in [7, 11) is 1.72. The Morgan fingerprint density at radius 1 is 1.12 bits per heavy atom. The van der Waals surface area contributed by atoms with Crippen molar-refractivity contribution < 1.29 is 14.3 Å². The van der Waals surface area contributed by atoms with Gasteiger partial charge in [0.15, 0.2) is 0 Å². The minimum atomic E-state index is -0.896. The van der Waals surface area contributed by atoms with E-state index in [0.717, 1.165) is 10.5 Å². The maximum absolute atomic E-state index is 14.5. The third-order valence-electron chi connectivity index (χ3n) is 4.26. The van der Waals surface area contributed by atoms with E-state index in [1.807, 2.05) is 25.1 Å². The summed E-state index contributed by atoms with van der Waals surface area (Å²) in [4.78, 5) is 14.0. The number of hydrogen-bond acceptors (Lipinski definition) is 3. The first kappa shape index (κ1) is 19.5. The molecule has 0 amide bonds. The second-order valence-corrected chi connectivity index (χ2v) is 7.62. The standard InChI is InChI=1S/C20H24FNO2S/c1-13(2)15-5-8-17(9-6-15)25-19-10-7-16(11-18(19)21)14(3)22(4)12-20(23)24/h5-11,13-14H,12H2,1-4H3,(H,23,24)/t14-/m0/s1. The van der Waals surface area contributed by atoms with Crippen LogP contribution < -0.4 is 0 Å². The van der Waals surface area contributed by atoms with E-state index in [9.17, 15) is 9.18 Å². The van der Waals surface area contributed by atoms with E-state index < -0.39 is 5.97 Å². The van der Waals surface area contributed by atoms with E-state index in [1.54, 1.807) is 18.0 Å². The number of carbonyl (C=O) groups is 1. The van der Waals surface area contributed by atoms with Crippen molar-refractivity contribution in [2.45, 2.75) is 42.5 Å². The molecule has 2 aromatic rings. The van der Waals surface area contributed by atoms with E-state index in [-0.39, 0.29) is 18.4 Å². The number of carboxylic acids is 1. The number of carboxylic acid groups (broad SMARTS) is 1. The average molecular weight is 361 g/mol. The van der Waals surface area contributed by atoms with Gasteiger partial charge in [-0.05, 0) is 55.3 Å². The summed E-state index contributed by atoms with van der Waals surface area (Å²) in [5, 5.41) is 8.88. The molecule has 0 fully saturated rings. The van der Waals surface area contributed by atoms with Gasteiger partial charge < -0.3 is 5.11 Å². The van der Waals surface area contributed by atoms with Crippen molar-refractivity contribution in [3.05, 3.63) is 59.4 Å². The van der Waals surface area contributed by atoms with Gasteiger partial charge in [0.25, 0.3) is 0 Å². The van der Waals surface area contributed by atoms with Crippen LogP contribution in [0.15, 0.2) is 52.3 Å². The minimum absolute atomic E-state index is 0.0819. The predicted molar refractivity (Wildman–Crippen MR) is 99.7 cm³/mol. The fourth-order valence-corrected chi connectivity index (χ4v) is 3.33. The third-order valence-corrected chi connectivity index (χ3v) is 5.32. The van der Waals surface area contributed by atoms with Crippen molar-refractivity contribution in [3.63, 3.8) is 0 Å². The number of halogens is 1. The summed E-state index contributed by atoms with van der Waals surface area (Å²) in [5.74, 6) is -0.711. The Balaban J connectivity index is 2.12. The molecule has 0 aliphatic rings. The normalized spacial score (nSPS) is 12.6. The monoisotopic (exact) mass is 361 g/mol. The first-order valence-corrected chi connectivity index (χ1v) is 9.09. The lowest BCUT2D eigenvalue weighted by Crippen LogP contribution is -2.28. The summed E-state index contributed by atoms with van der Waals surface area (Å²) in [6.07, 6.45) is 0. The molecule has 2 rings (SSSR count). The number of hydrogen-bond donors (Lipinski definition) is 1. The van der Waals surface area contributed by atoms with Crippen LogP contribution in [0.4, 0.5) is 4.39 Å². The molecule has 1 atom stereocenters. The molecule has 2 aromatic carbocycles. The summed E-state index contributed by atoms with van der Waals surface area (Å²) in [6.45, 7) is 6.07. The van der Waals surface area contributed by atoms with Crippen molar-refractivity contribution in [2.24, 2.45) is 0 Å². The van der Waals surface area contributed by atoms with E-state index in [4.69, 9.17) is 5.11 Å². The molecule has 0 aliphatic carbocycles. The predicted octanol–water partition coefficient (Wildman–Crippen LogP) is 5.18. The smallest absolute Gasteiger partial charge is 0.317 e. The van der Waals surface area contributed by atoms with Crippen LogP contribution in [0.2, 0.25) is 0 Å². The molecule has 25 heavy (non-hydrogen) atoms. The van der Waals surface area contributed by atoms with Crippen LogP contribution >= 0.6 is 11.8 Å². The largest absolute Gasteiger partial charge is 0.480 e. The Labute approximate surface area is 152 Å². The van der Waals surface area contributed by atoms with E-state index in [0.29, 0.717) is 10.8 Å². The fourth-order valence-electron chi connectivity index (χ4n) is 2.51. The maximum atomic E-state index is 14.5. The number of nitrogens with zero attached hydrogens (tertiary/aromatic N) is 1. The van der Waals surface area contributed by atoms with Crippen molar-refractivity contribution in [1.82, 2.24) is 4.90 Å². The van der Waals surface area contributed by atoms with E-state index in [2.05, 4.69) is 26.0 Å². The molecule has 0 bridgehead atoms. The van der Waals surface area contributed by atoms with Crippen LogP contribution in [0.3, 0.4) is 0 Å². The summed E-state index contributed by atoms with van der Waals surface area (Å²) >= 11 is 1.39. The van der Waals surface area contributed by atoms with Crippen molar-refractivity contribution in [2.75, 3.05) is 13.6 Å². The first-order chi connectivity index (χ1) is 11.8. The van der Waals surface area contributed by atoms with Gasteiger partial charge in [-0.25, -0.2) is 4.39 Å². The maximum Gasteiger partial charge on any atom is 0.317 e. The molecule has 0 saturated heterocycles. The Kier molecular flexibility index (Phi) is 6.62. The van der Waals surface area contributed by atoms with Gasteiger partial charge in [0.05, 0.1) is 6.54 Å². The topological polar surface area (TPSA) is 40.5 Å². The quantitative estimate of drug-likeness (QED) is 0.738. The zero-order chi connectivity index (χ0) is 18.6. The molecule has 0 radical (unpaired) electrons. The Hall–Kier alpha value is -1.85. The molecule has 0 heterocycles. The number of rotatable bonds is 7. The van der Waals surface area contributed by atoms with Gasteiger partial charge in [0, 0.05) is 15.8 Å². The van der Waals surface area contributed by atoms with Crippen LogP contribution in [0.1, 0.15) is 43.9 Å². The summed E-state index contributed by atoms with van der Waals surface area (Å²) in [5.41, 5.74) is 2.02. The summed E-state index contributed by atoms with van der Waals surface area (Å²) in [6, 6.07) is 13.1. The Morgan fingerprint density at radius 3 is 2.24 bits per heavy atom. The van der Waals surface area contributed by atoms with E-state index in [1.165, 1.54) is 23.4 Å². The molecule has 1 N–H and O–H groups in total. The molecule has 0 saturated carbocycles. The third kappa shape index (κ3) is 5.31. The van der Waals surface area contributed by atoms with Crippen molar-refractivity contribution >= 4 is 17.7 Å². The number of benzene rings is 2. The lowest BCUT2D eigenvalue weighted by Gasteiger charge is -2.23. The summed E-state index contributed by atoms with van der Waals surface area (Å²) < 4.78 is 14.5. The van der Waals surface area contributed by atoms with Crippen LogP contribution in [-0.2, 0) is 4.79 Å².